The molecule has 2 heteroatoms. The fraction of sp³-hybridized carbons (Fsp3) is 0. The standard InChI is InChI=1S/C52H36N2/c1-3-13-37(14-4-1)39-25-29-45(30-26-39)53(46-31-27-40(28-32-46)38-15-5-2-6-16-38)47-21-11-19-41(33-47)42-20-12-22-48(34-42)54-51-24-10-9-23-49(51)50-35-43-17-7-8-18-44(43)36-52(50)54/h1-36H. The molecule has 0 N–H and O–H groups in total. The van der Waals surface area contributed by atoms with Crippen LogP contribution in [-0.4, -0.2) is 4.57 Å². The van der Waals surface area contributed by atoms with Crippen molar-refractivity contribution in [3.8, 4) is 39.1 Å². The summed E-state index contributed by atoms with van der Waals surface area (Å²) < 4.78 is 2.42. The molecule has 0 bridgehead atoms. The SMILES string of the molecule is c1ccc(-c2ccc(N(c3ccc(-c4ccccc4)cc3)c3cccc(-c4cccc(-n5c6ccccc6c6cc7ccccc7cc65)c4)c3)cc2)cc1. The average molecular weight is 689 g/mol. The van der Waals surface area contributed by atoms with Crippen LogP contribution >= 0.6 is 0 Å². The molecule has 0 saturated heterocycles. The summed E-state index contributed by atoms with van der Waals surface area (Å²) in [5.41, 5.74) is 14.0. The smallest absolute Gasteiger partial charge is 0.0547 e. The maximum atomic E-state index is 2.42. The van der Waals surface area contributed by atoms with Gasteiger partial charge in [-0.15, -0.1) is 0 Å². The van der Waals surface area contributed by atoms with E-state index in [-0.39, 0.29) is 0 Å². The van der Waals surface area contributed by atoms with Crippen molar-refractivity contribution in [1.29, 1.82) is 0 Å². The Morgan fingerprint density at radius 3 is 1.43 bits per heavy atom. The van der Waals surface area contributed by atoms with E-state index in [0.717, 1.165) is 28.3 Å². The van der Waals surface area contributed by atoms with Crippen molar-refractivity contribution < 1.29 is 0 Å². The minimum absolute atomic E-state index is 1.10. The molecule has 54 heavy (non-hydrogen) atoms. The Hall–Kier alpha value is -7.16. The molecular formula is C52H36N2. The van der Waals surface area contributed by atoms with Crippen LogP contribution < -0.4 is 4.90 Å². The zero-order valence-corrected chi connectivity index (χ0v) is 29.7. The van der Waals surface area contributed by atoms with E-state index in [0.29, 0.717) is 0 Å². The average Bonchev–Trinajstić information content (AvgIpc) is 3.57. The summed E-state index contributed by atoms with van der Waals surface area (Å²) in [5, 5.41) is 5.03. The molecule has 0 spiro atoms. The molecule has 1 heterocycles. The van der Waals surface area contributed by atoms with Gasteiger partial charge in [-0.25, -0.2) is 0 Å². The van der Waals surface area contributed by atoms with Crippen LogP contribution in [0.25, 0.3) is 71.6 Å². The Kier molecular flexibility index (Phi) is 7.85. The molecule has 254 valence electrons. The third-order valence-corrected chi connectivity index (χ3v) is 10.5. The van der Waals surface area contributed by atoms with Crippen molar-refractivity contribution in [3.05, 3.63) is 218 Å². The van der Waals surface area contributed by atoms with Crippen LogP contribution in [-0.2, 0) is 0 Å². The topological polar surface area (TPSA) is 8.17 Å². The first-order valence-corrected chi connectivity index (χ1v) is 18.5. The largest absolute Gasteiger partial charge is 0.310 e. The first-order valence-electron chi connectivity index (χ1n) is 18.5. The highest BCUT2D eigenvalue weighted by atomic mass is 15.1. The van der Waals surface area contributed by atoms with Gasteiger partial charge in [0.15, 0.2) is 0 Å². The van der Waals surface area contributed by atoms with Gasteiger partial charge in [-0.2, -0.15) is 0 Å². The normalized spacial score (nSPS) is 11.3. The highest BCUT2D eigenvalue weighted by molar-refractivity contribution is 6.13. The van der Waals surface area contributed by atoms with E-state index in [9.17, 15) is 0 Å². The molecule has 10 rings (SSSR count). The van der Waals surface area contributed by atoms with E-state index < -0.39 is 0 Å². The van der Waals surface area contributed by atoms with Gasteiger partial charge in [0, 0.05) is 33.5 Å². The predicted molar refractivity (Wildman–Crippen MR) is 229 cm³/mol. The lowest BCUT2D eigenvalue weighted by Gasteiger charge is -2.26. The number of hydrogen-bond acceptors (Lipinski definition) is 1. The first kappa shape index (κ1) is 31.6. The van der Waals surface area contributed by atoms with E-state index in [1.165, 1.54) is 60.4 Å². The number of hydrogen-bond donors (Lipinski definition) is 0. The van der Waals surface area contributed by atoms with Crippen molar-refractivity contribution in [2.24, 2.45) is 0 Å². The molecule has 9 aromatic carbocycles. The molecule has 0 saturated carbocycles. The molecule has 0 amide bonds. The lowest BCUT2D eigenvalue weighted by atomic mass is 10.0. The van der Waals surface area contributed by atoms with Crippen LogP contribution in [0.5, 0.6) is 0 Å². The highest BCUT2D eigenvalue weighted by Crippen LogP contribution is 2.40. The molecule has 0 fully saturated rings. The monoisotopic (exact) mass is 688 g/mol. The maximum Gasteiger partial charge on any atom is 0.0547 e. The number of nitrogens with zero attached hydrogens (tertiary/aromatic N) is 2. The van der Waals surface area contributed by atoms with E-state index in [1.807, 2.05) is 0 Å². The Morgan fingerprint density at radius 1 is 0.278 bits per heavy atom. The van der Waals surface area contributed by atoms with Crippen LogP contribution in [0.4, 0.5) is 17.1 Å². The summed E-state index contributed by atoms with van der Waals surface area (Å²) in [7, 11) is 0. The van der Waals surface area contributed by atoms with Crippen LogP contribution in [0.2, 0.25) is 0 Å². The molecule has 0 aliphatic rings. The Labute approximate surface area is 315 Å². The van der Waals surface area contributed by atoms with E-state index in [4.69, 9.17) is 0 Å². The minimum Gasteiger partial charge on any atom is -0.310 e. The minimum atomic E-state index is 1.10. The van der Waals surface area contributed by atoms with Crippen LogP contribution in [0, 0.1) is 0 Å². The van der Waals surface area contributed by atoms with E-state index in [1.54, 1.807) is 0 Å². The van der Waals surface area contributed by atoms with Gasteiger partial charge in [-0.05, 0) is 111 Å². The lowest BCUT2D eigenvalue weighted by Crippen LogP contribution is -2.10. The Bertz CT molecular complexity index is 2820. The number of rotatable bonds is 7. The van der Waals surface area contributed by atoms with Crippen LogP contribution in [0.1, 0.15) is 0 Å². The highest BCUT2D eigenvalue weighted by Gasteiger charge is 2.16. The van der Waals surface area contributed by atoms with E-state index in [2.05, 4.69) is 228 Å². The van der Waals surface area contributed by atoms with Crippen molar-refractivity contribution in [1.82, 2.24) is 4.57 Å². The Balaban J connectivity index is 1.08. The second kappa shape index (κ2) is 13.4. The summed E-state index contributed by atoms with van der Waals surface area (Å²) in [5.74, 6) is 0. The zero-order chi connectivity index (χ0) is 35.8. The van der Waals surface area contributed by atoms with Crippen LogP contribution in [0.15, 0.2) is 218 Å². The van der Waals surface area contributed by atoms with Gasteiger partial charge in [0.1, 0.15) is 0 Å². The fourth-order valence-electron chi connectivity index (χ4n) is 7.90. The summed E-state index contributed by atoms with van der Waals surface area (Å²) in [6, 6.07) is 78.9. The fourth-order valence-corrected chi connectivity index (χ4v) is 7.90. The summed E-state index contributed by atoms with van der Waals surface area (Å²) in [4.78, 5) is 2.36. The Morgan fingerprint density at radius 2 is 0.778 bits per heavy atom. The number of para-hydroxylation sites is 1. The summed E-state index contributed by atoms with van der Waals surface area (Å²) >= 11 is 0. The quantitative estimate of drug-likeness (QED) is 0.162. The molecule has 2 nitrogen and oxygen atoms in total. The van der Waals surface area contributed by atoms with Crippen molar-refractivity contribution in [3.63, 3.8) is 0 Å². The van der Waals surface area contributed by atoms with Gasteiger partial charge in [0.05, 0.1) is 11.0 Å². The molecular weight excluding hydrogens is 653 g/mol. The van der Waals surface area contributed by atoms with Gasteiger partial charge in [0.25, 0.3) is 0 Å². The second-order valence-electron chi connectivity index (χ2n) is 13.8. The summed E-state index contributed by atoms with van der Waals surface area (Å²) in [6.07, 6.45) is 0. The van der Waals surface area contributed by atoms with Gasteiger partial charge in [0.2, 0.25) is 0 Å². The lowest BCUT2D eigenvalue weighted by molar-refractivity contribution is 1.18. The number of benzene rings is 9. The van der Waals surface area contributed by atoms with Gasteiger partial charge < -0.3 is 9.47 Å². The predicted octanol–water partition coefficient (Wildman–Crippen LogP) is 14.4. The molecule has 0 aliphatic carbocycles. The molecule has 10 aromatic rings. The van der Waals surface area contributed by atoms with E-state index >= 15 is 0 Å². The van der Waals surface area contributed by atoms with Gasteiger partial charge in [-0.3, -0.25) is 0 Å². The third-order valence-electron chi connectivity index (χ3n) is 10.5. The summed E-state index contributed by atoms with van der Waals surface area (Å²) in [6.45, 7) is 0. The molecule has 0 aliphatic heterocycles. The third kappa shape index (κ3) is 5.71. The molecule has 0 atom stereocenters. The molecule has 1 aromatic heterocycles. The first-order chi connectivity index (χ1) is 26.8. The van der Waals surface area contributed by atoms with Gasteiger partial charge in [-0.1, -0.05) is 152 Å². The number of fused-ring (bicyclic) bond motifs is 4. The zero-order valence-electron chi connectivity index (χ0n) is 29.7. The maximum absolute atomic E-state index is 2.42. The number of aromatic nitrogens is 1. The van der Waals surface area contributed by atoms with Crippen molar-refractivity contribution >= 4 is 49.6 Å². The molecule has 0 radical (unpaired) electrons. The van der Waals surface area contributed by atoms with Gasteiger partial charge >= 0.3 is 0 Å². The van der Waals surface area contributed by atoms with Crippen molar-refractivity contribution in [2.75, 3.05) is 4.90 Å². The second-order valence-corrected chi connectivity index (χ2v) is 13.8. The molecule has 0 unspecified atom stereocenters. The number of anilines is 3. The van der Waals surface area contributed by atoms with Crippen molar-refractivity contribution in [2.45, 2.75) is 0 Å². The van der Waals surface area contributed by atoms with Crippen LogP contribution in [0.3, 0.4) is 0 Å².